The van der Waals surface area contributed by atoms with Gasteiger partial charge in [-0.3, -0.25) is 0 Å². The highest BCUT2D eigenvalue weighted by atomic mass is 19.3. The van der Waals surface area contributed by atoms with Gasteiger partial charge in [0.05, 0.1) is 0 Å². The molecule has 0 spiro atoms. The van der Waals surface area contributed by atoms with Crippen molar-refractivity contribution in [3.05, 3.63) is 24.8 Å². The van der Waals surface area contributed by atoms with E-state index in [4.69, 9.17) is 0 Å². The molecule has 0 amide bonds. The second-order valence-corrected chi connectivity index (χ2v) is 1.98. The number of hydrogen-bond donors (Lipinski definition) is 0. The maximum absolute atomic E-state index is 12.4. The van der Waals surface area contributed by atoms with Gasteiger partial charge in [0.15, 0.2) is 0 Å². The predicted molar refractivity (Wildman–Crippen MR) is 34.6 cm³/mol. The third-order valence-corrected chi connectivity index (χ3v) is 1.03. The first-order valence-electron chi connectivity index (χ1n) is 2.65. The zero-order chi connectivity index (χ0) is 7.49. The lowest BCUT2D eigenvalue weighted by molar-refractivity contribution is 0.0458. The molecule has 0 N–H and O–H groups in total. The molecule has 9 heavy (non-hydrogen) atoms. The summed E-state index contributed by atoms with van der Waals surface area (Å²) in [5.74, 6) is -2.76. The van der Waals surface area contributed by atoms with Crippen LogP contribution in [0.25, 0.3) is 0 Å². The normalized spacial score (nSPS) is 11.0. The molecule has 0 aliphatic rings. The third kappa shape index (κ3) is 2.40. The van der Waals surface area contributed by atoms with Gasteiger partial charge in [0, 0.05) is 6.42 Å². The lowest BCUT2D eigenvalue weighted by Crippen LogP contribution is -2.14. The second-order valence-electron chi connectivity index (χ2n) is 1.98. The Morgan fingerprint density at radius 1 is 1.67 bits per heavy atom. The Labute approximate surface area is 53.9 Å². The minimum Gasteiger partial charge on any atom is -0.201 e. The molecular weight excluding hydrogens is 122 g/mol. The van der Waals surface area contributed by atoms with Gasteiger partial charge in [-0.15, -0.1) is 6.58 Å². The van der Waals surface area contributed by atoms with Gasteiger partial charge in [-0.1, -0.05) is 12.7 Å². The summed E-state index contributed by atoms with van der Waals surface area (Å²) >= 11 is 0. The SMILES string of the molecule is C=CCC(F)(F)C(=C)C. The Hall–Kier alpha value is -0.660. The van der Waals surface area contributed by atoms with Gasteiger partial charge in [-0.25, -0.2) is 8.78 Å². The van der Waals surface area contributed by atoms with Crippen molar-refractivity contribution in [2.75, 3.05) is 0 Å². The van der Waals surface area contributed by atoms with Gasteiger partial charge in [-0.05, 0) is 12.5 Å². The maximum atomic E-state index is 12.4. The second kappa shape index (κ2) is 2.76. The molecule has 0 atom stereocenters. The van der Waals surface area contributed by atoms with Crippen molar-refractivity contribution in [1.29, 1.82) is 0 Å². The topological polar surface area (TPSA) is 0 Å². The van der Waals surface area contributed by atoms with Crippen molar-refractivity contribution < 1.29 is 8.78 Å². The standard InChI is InChI=1S/C7H10F2/c1-4-5-7(8,9)6(2)3/h4H,1-2,5H2,3H3. The summed E-state index contributed by atoms with van der Waals surface area (Å²) in [6.45, 7) is 7.66. The number of hydrogen-bond acceptors (Lipinski definition) is 0. The van der Waals surface area contributed by atoms with Crippen LogP contribution < -0.4 is 0 Å². The Bertz CT molecular complexity index is 125. The highest BCUT2D eigenvalue weighted by Crippen LogP contribution is 2.25. The molecule has 0 aromatic rings. The molecule has 0 rings (SSSR count). The molecule has 52 valence electrons. The van der Waals surface area contributed by atoms with E-state index in [1.165, 1.54) is 13.0 Å². The van der Waals surface area contributed by atoms with Gasteiger partial charge >= 0.3 is 0 Å². The molecule has 2 heteroatoms. The summed E-state index contributed by atoms with van der Waals surface area (Å²) in [6.07, 6.45) is 0.872. The molecule has 0 aliphatic carbocycles. The van der Waals surface area contributed by atoms with E-state index in [0.717, 1.165) is 0 Å². The minimum atomic E-state index is -2.76. The fraction of sp³-hybridized carbons (Fsp3) is 0.429. The highest BCUT2D eigenvalue weighted by molar-refractivity contribution is 5.05. The predicted octanol–water partition coefficient (Wildman–Crippen LogP) is 2.77. The number of allylic oxidation sites excluding steroid dienone is 2. The van der Waals surface area contributed by atoms with Gasteiger partial charge < -0.3 is 0 Å². The summed E-state index contributed by atoms with van der Waals surface area (Å²) in [4.78, 5) is 0. The molecule has 0 aromatic carbocycles. The summed E-state index contributed by atoms with van der Waals surface area (Å²) in [5, 5.41) is 0. The highest BCUT2D eigenvalue weighted by Gasteiger charge is 2.27. The summed E-state index contributed by atoms with van der Waals surface area (Å²) < 4.78 is 24.8. The molecule has 0 saturated carbocycles. The molecule has 0 nitrogen and oxygen atoms in total. The van der Waals surface area contributed by atoms with E-state index in [0.29, 0.717) is 0 Å². The van der Waals surface area contributed by atoms with Crippen molar-refractivity contribution in [2.24, 2.45) is 0 Å². The van der Waals surface area contributed by atoms with Crippen LogP contribution in [-0.2, 0) is 0 Å². The van der Waals surface area contributed by atoms with Gasteiger partial charge in [0.2, 0.25) is 0 Å². The first-order valence-corrected chi connectivity index (χ1v) is 2.65. The number of rotatable bonds is 3. The van der Waals surface area contributed by atoms with Crippen LogP contribution in [0.5, 0.6) is 0 Å². The monoisotopic (exact) mass is 132 g/mol. The lowest BCUT2D eigenvalue weighted by Gasteiger charge is -2.12. The zero-order valence-electron chi connectivity index (χ0n) is 5.45. The van der Waals surface area contributed by atoms with Crippen LogP contribution >= 0.6 is 0 Å². The van der Waals surface area contributed by atoms with E-state index < -0.39 is 5.92 Å². The fourth-order valence-corrected chi connectivity index (χ4v) is 0.356. The largest absolute Gasteiger partial charge is 0.272 e. The van der Waals surface area contributed by atoms with Crippen molar-refractivity contribution in [3.63, 3.8) is 0 Å². The quantitative estimate of drug-likeness (QED) is 0.518. The molecule has 0 aliphatic heterocycles. The van der Waals surface area contributed by atoms with Crippen LogP contribution in [-0.4, -0.2) is 5.92 Å². The Kier molecular flexibility index (Phi) is 2.56. The van der Waals surface area contributed by atoms with Crippen LogP contribution in [0.1, 0.15) is 13.3 Å². The van der Waals surface area contributed by atoms with Crippen LogP contribution in [0.2, 0.25) is 0 Å². The van der Waals surface area contributed by atoms with Crippen molar-refractivity contribution >= 4 is 0 Å². The Morgan fingerprint density at radius 3 is 2.22 bits per heavy atom. The maximum Gasteiger partial charge on any atom is 0.272 e. The summed E-state index contributed by atoms with van der Waals surface area (Å²) in [7, 11) is 0. The lowest BCUT2D eigenvalue weighted by atomic mass is 10.1. The van der Waals surface area contributed by atoms with Crippen LogP contribution in [0.4, 0.5) is 8.78 Å². The van der Waals surface area contributed by atoms with Crippen molar-refractivity contribution in [2.45, 2.75) is 19.3 Å². The van der Waals surface area contributed by atoms with Crippen LogP contribution in [0.15, 0.2) is 24.8 Å². The molecular formula is C7H10F2. The van der Waals surface area contributed by atoms with Crippen LogP contribution in [0.3, 0.4) is 0 Å². The average Bonchev–Trinajstić information content (AvgIpc) is 1.65. The van der Waals surface area contributed by atoms with Gasteiger partial charge in [0.25, 0.3) is 5.92 Å². The molecule has 0 heterocycles. The van der Waals surface area contributed by atoms with Crippen molar-refractivity contribution in [3.8, 4) is 0 Å². The van der Waals surface area contributed by atoms with Crippen LogP contribution in [0, 0.1) is 0 Å². The van der Waals surface area contributed by atoms with E-state index in [2.05, 4.69) is 13.2 Å². The Balaban J connectivity index is 4.00. The first-order chi connectivity index (χ1) is 4.00. The van der Waals surface area contributed by atoms with Gasteiger partial charge in [0.1, 0.15) is 0 Å². The molecule has 0 unspecified atom stereocenters. The number of halogens is 2. The van der Waals surface area contributed by atoms with E-state index in [9.17, 15) is 8.78 Å². The molecule has 0 saturated heterocycles. The van der Waals surface area contributed by atoms with E-state index >= 15 is 0 Å². The van der Waals surface area contributed by atoms with Gasteiger partial charge in [-0.2, -0.15) is 0 Å². The van der Waals surface area contributed by atoms with E-state index in [1.807, 2.05) is 0 Å². The minimum absolute atomic E-state index is 0.109. The zero-order valence-corrected chi connectivity index (χ0v) is 5.45. The average molecular weight is 132 g/mol. The Morgan fingerprint density at radius 2 is 2.11 bits per heavy atom. The smallest absolute Gasteiger partial charge is 0.201 e. The number of alkyl halides is 2. The van der Waals surface area contributed by atoms with E-state index in [-0.39, 0.29) is 12.0 Å². The van der Waals surface area contributed by atoms with Crippen molar-refractivity contribution in [1.82, 2.24) is 0 Å². The molecule has 0 fully saturated rings. The molecule has 0 aromatic heterocycles. The van der Waals surface area contributed by atoms with E-state index in [1.54, 1.807) is 0 Å². The fourth-order valence-electron chi connectivity index (χ4n) is 0.356. The third-order valence-electron chi connectivity index (χ3n) is 1.03. The first kappa shape index (κ1) is 8.34. The molecule has 0 bridgehead atoms. The molecule has 0 radical (unpaired) electrons. The summed E-state index contributed by atoms with van der Waals surface area (Å²) in [6, 6.07) is 0. The summed E-state index contributed by atoms with van der Waals surface area (Å²) in [5.41, 5.74) is -0.109.